The summed E-state index contributed by atoms with van der Waals surface area (Å²) in [6.45, 7) is 4.02. The lowest BCUT2D eigenvalue weighted by molar-refractivity contribution is -0.202. The van der Waals surface area contributed by atoms with E-state index in [1.807, 2.05) is 0 Å². The van der Waals surface area contributed by atoms with Gasteiger partial charge < -0.3 is 18.9 Å². The molecule has 5 atom stereocenters. The summed E-state index contributed by atoms with van der Waals surface area (Å²) in [5.41, 5.74) is 0.840. The molecule has 2 aliphatic rings. The van der Waals surface area contributed by atoms with Gasteiger partial charge in [0.05, 0.1) is 4.90 Å². The monoisotopic (exact) mass is 414 g/mol. The highest BCUT2D eigenvalue weighted by atomic mass is 32.2. The zero-order chi connectivity index (χ0) is 20.6. The molecular formula is C17H18O10S. The Morgan fingerprint density at radius 1 is 1.00 bits per heavy atom. The molecule has 0 spiro atoms. The van der Waals surface area contributed by atoms with Gasteiger partial charge >= 0.3 is 17.9 Å². The lowest BCUT2D eigenvalue weighted by atomic mass is 10.1. The first kappa shape index (κ1) is 20.2. The van der Waals surface area contributed by atoms with Crippen molar-refractivity contribution < 1.29 is 45.9 Å². The van der Waals surface area contributed by atoms with Crippen LogP contribution in [0, 0.1) is 6.92 Å². The van der Waals surface area contributed by atoms with Crippen molar-refractivity contribution in [1.29, 1.82) is 0 Å². The molecule has 2 saturated heterocycles. The molecule has 0 N–H and O–H groups in total. The minimum atomic E-state index is -4.31. The zero-order valence-corrected chi connectivity index (χ0v) is 16.0. The number of fused-ring (bicyclic) bond motifs is 1. The van der Waals surface area contributed by atoms with Crippen LogP contribution >= 0.6 is 0 Å². The molecule has 1 aromatic carbocycles. The van der Waals surface area contributed by atoms with E-state index in [1.165, 1.54) is 12.1 Å². The number of hydrogen-bond donors (Lipinski definition) is 0. The molecule has 0 aliphatic carbocycles. The van der Waals surface area contributed by atoms with Gasteiger partial charge in [-0.1, -0.05) is 17.7 Å². The van der Waals surface area contributed by atoms with Gasteiger partial charge in [0.1, 0.15) is 6.10 Å². The fourth-order valence-corrected chi connectivity index (χ4v) is 3.97. The predicted molar refractivity (Wildman–Crippen MR) is 89.1 cm³/mol. The van der Waals surface area contributed by atoms with E-state index < -0.39 is 58.7 Å². The molecular weight excluding hydrogens is 396 g/mol. The van der Waals surface area contributed by atoms with Gasteiger partial charge in [0, 0.05) is 13.8 Å². The minimum Gasteiger partial charge on any atom is -0.453 e. The summed E-state index contributed by atoms with van der Waals surface area (Å²) in [7, 11) is -4.31. The molecule has 152 valence electrons. The first-order valence-electron chi connectivity index (χ1n) is 8.29. The van der Waals surface area contributed by atoms with Gasteiger partial charge in [0.15, 0.2) is 6.10 Å². The van der Waals surface area contributed by atoms with Crippen molar-refractivity contribution in [3.63, 3.8) is 0 Å². The summed E-state index contributed by atoms with van der Waals surface area (Å²) >= 11 is 0. The van der Waals surface area contributed by atoms with Crippen LogP contribution in [0.5, 0.6) is 0 Å². The van der Waals surface area contributed by atoms with Crippen molar-refractivity contribution in [2.45, 2.75) is 56.4 Å². The molecule has 2 fully saturated rings. The van der Waals surface area contributed by atoms with E-state index in [9.17, 15) is 22.8 Å². The van der Waals surface area contributed by atoms with Crippen LogP contribution in [0.1, 0.15) is 19.4 Å². The van der Waals surface area contributed by atoms with Crippen LogP contribution in [0.15, 0.2) is 29.2 Å². The van der Waals surface area contributed by atoms with Gasteiger partial charge in [-0.05, 0) is 19.1 Å². The molecule has 28 heavy (non-hydrogen) atoms. The van der Waals surface area contributed by atoms with E-state index in [0.29, 0.717) is 0 Å². The Hall–Kier alpha value is -2.50. The number of carbonyl (C=O) groups is 3. The topological polar surface area (TPSA) is 132 Å². The van der Waals surface area contributed by atoms with Gasteiger partial charge in [-0.2, -0.15) is 8.42 Å². The Morgan fingerprint density at radius 3 is 2.18 bits per heavy atom. The molecule has 3 rings (SSSR count). The van der Waals surface area contributed by atoms with Crippen LogP contribution in [0.2, 0.25) is 0 Å². The van der Waals surface area contributed by atoms with Gasteiger partial charge in [-0.15, -0.1) is 0 Å². The maximum absolute atomic E-state index is 12.5. The summed E-state index contributed by atoms with van der Waals surface area (Å²) in [5.74, 6) is -2.44. The van der Waals surface area contributed by atoms with E-state index in [-0.39, 0.29) is 4.90 Å². The van der Waals surface area contributed by atoms with Crippen LogP contribution in [-0.4, -0.2) is 57.0 Å². The molecule has 0 radical (unpaired) electrons. The minimum absolute atomic E-state index is 0.152. The summed E-state index contributed by atoms with van der Waals surface area (Å²) in [5, 5.41) is 0. The number of esters is 3. The van der Waals surface area contributed by atoms with Crippen LogP contribution in [-0.2, 0) is 47.6 Å². The zero-order valence-electron chi connectivity index (χ0n) is 15.2. The third-order valence-electron chi connectivity index (χ3n) is 4.11. The summed E-state index contributed by atoms with van der Waals surface area (Å²) in [6.07, 6.45) is -6.68. The van der Waals surface area contributed by atoms with E-state index >= 15 is 0 Å². The predicted octanol–water partition coefficient (Wildman–Crippen LogP) is 0.214. The normalized spacial score (nSPS) is 29.1. The Morgan fingerprint density at radius 2 is 1.61 bits per heavy atom. The lowest BCUT2D eigenvalue weighted by Crippen LogP contribution is -2.38. The quantitative estimate of drug-likeness (QED) is 0.374. The van der Waals surface area contributed by atoms with Crippen molar-refractivity contribution in [1.82, 2.24) is 0 Å². The average molecular weight is 414 g/mol. The molecule has 1 aromatic rings. The molecule has 10 nitrogen and oxygen atoms in total. The standard InChI is InChI=1S/C17H18O10S/c1-8-4-6-11(7-5-8)28(21,22)27-14-12-13(25-16(14)20)15(23-9(2)18)17(26-12)24-10(3)19/h4-7,12-15,17H,1-3H3/t12-,13-,14-,15+,17+/m0/s1. The van der Waals surface area contributed by atoms with E-state index in [4.69, 9.17) is 23.1 Å². The number of rotatable bonds is 5. The van der Waals surface area contributed by atoms with Crippen molar-refractivity contribution in [2.24, 2.45) is 0 Å². The summed E-state index contributed by atoms with van der Waals surface area (Å²) < 4.78 is 50.6. The third-order valence-corrected chi connectivity index (χ3v) is 5.42. The molecule has 11 heteroatoms. The van der Waals surface area contributed by atoms with E-state index in [1.54, 1.807) is 19.1 Å². The van der Waals surface area contributed by atoms with Crippen LogP contribution < -0.4 is 0 Å². The van der Waals surface area contributed by atoms with E-state index in [0.717, 1.165) is 19.4 Å². The SMILES string of the molecule is CC(=O)O[C@@H]1O[C@H]2[C@H](OC(=O)[C@H]2OS(=O)(=O)c2ccc(C)cc2)[C@H]1OC(C)=O. The van der Waals surface area contributed by atoms with Crippen LogP contribution in [0.3, 0.4) is 0 Å². The van der Waals surface area contributed by atoms with Crippen molar-refractivity contribution in [3.8, 4) is 0 Å². The Bertz CT molecular complexity index is 891. The first-order valence-corrected chi connectivity index (χ1v) is 9.69. The highest BCUT2D eigenvalue weighted by Gasteiger charge is 2.61. The lowest BCUT2D eigenvalue weighted by Gasteiger charge is -2.21. The fourth-order valence-electron chi connectivity index (χ4n) is 2.93. The molecule has 2 heterocycles. The Kier molecular flexibility index (Phi) is 5.41. The van der Waals surface area contributed by atoms with Crippen LogP contribution in [0.4, 0.5) is 0 Å². The summed E-state index contributed by atoms with van der Waals surface area (Å²) in [4.78, 5) is 34.6. The van der Waals surface area contributed by atoms with Crippen molar-refractivity contribution in [2.75, 3.05) is 0 Å². The first-order chi connectivity index (χ1) is 13.1. The van der Waals surface area contributed by atoms with Crippen LogP contribution in [0.25, 0.3) is 0 Å². The molecule has 2 aliphatic heterocycles. The molecule has 0 aromatic heterocycles. The summed E-state index contributed by atoms with van der Waals surface area (Å²) in [6, 6.07) is 5.82. The molecule has 0 bridgehead atoms. The highest BCUT2D eigenvalue weighted by molar-refractivity contribution is 7.86. The molecule has 0 amide bonds. The average Bonchev–Trinajstić information content (AvgIpc) is 3.04. The Labute approximate surface area is 160 Å². The number of hydrogen-bond acceptors (Lipinski definition) is 10. The highest BCUT2D eigenvalue weighted by Crippen LogP contribution is 2.37. The number of aryl methyl sites for hydroxylation is 1. The fraction of sp³-hybridized carbons (Fsp3) is 0.471. The maximum atomic E-state index is 12.5. The smallest absolute Gasteiger partial charge is 0.340 e. The van der Waals surface area contributed by atoms with Gasteiger partial charge in [0.2, 0.25) is 18.5 Å². The van der Waals surface area contributed by atoms with E-state index in [2.05, 4.69) is 0 Å². The van der Waals surface area contributed by atoms with Crippen molar-refractivity contribution in [3.05, 3.63) is 29.8 Å². The molecule has 0 saturated carbocycles. The van der Waals surface area contributed by atoms with Gasteiger partial charge in [0.25, 0.3) is 10.1 Å². The second-order valence-corrected chi connectivity index (χ2v) is 7.91. The second kappa shape index (κ2) is 7.49. The second-order valence-electron chi connectivity index (χ2n) is 6.34. The molecule has 0 unspecified atom stereocenters. The number of ether oxygens (including phenoxy) is 4. The maximum Gasteiger partial charge on any atom is 0.340 e. The number of benzene rings is 1. The largest absolute Gasteiger partial charge is 0.453 e. The third kappa shape index (κ3) is 4.01. The Balaban J connectivity index is 1.83. The number of carbonyl (C=O) groups excluding carboxylic acids is 3. The van der Waals surface area contributed by atoms with Gasteiger partial charge in [-0.25, -0.2) is 8.98 Å². The van der Waals surface area contributed by atoms with Gasteiger partial charge in [-0.3, -0.25) is 9.59 Å². The van der Waals surface area contributed by atoms with Crippen molar-refractivity contribution >= 4 is 28.0 Å².